The van der Waals surface area contributed by atoms with Crippen LogP contribution in [0.1, 0.15) is 18.9 Å². The number of nitrogens with one attached hydrogen (secondary N) is 2. The standard InChI is InChI=1S/C15H18FN3/c1-3-7-17-15-10-13(6-8-18-15)19-14-9-12(16)5-4-11(14)2/h4-6,8-10H,3,7H2,1-2H3,(H2,17,18,19). The maximum absolute atomic E-state index is 13.2. The third kappa shape index (κ3) is 3.68. The summed E-state index contributed by atoms with van der Waals surface area (Å²) in [6.07, 6.45) is 2.78. The second kappa shape index (κ2) is 6.18. The number of halogens is 1. The molecule has 1 aromatic heterocycles. The van der Waals surface area contributed by atoms with E-state index in [0.29, 0.717) is 0 Å². The zero-order chi connectivity index (χ0) is 13.7. The average molecular weight is 259 g/mol. The van der Waals surface area contributed by atoms with E-state index >= 15 is 0 Å². The molecule has 0 saturated carbocycles. The summed E-state index contributed by atoms with van der Waals surface area (Å²) >= 11 is 0. The predicted molar refractivity (Wildman–Crippen MR) is 77.4 cm³/mol. The first-order chi connectivity index (χ1) is 9.19. The SMILES string of the molecule is CCCNc1cc(Nc2cc(F)ccc2C)ccn1. The first-order valence-corrected chi connectivity index (χ1v) is 6.42. The average Bonchev–Trinajstić information content (AvgIpc) is 2.41. The number of pyridine rings is 1. The number of hydrogen-bond donors (Lipinski definition) is 2. The summed E-state index contributed by atoms with van der Waals surface area (Å²) in [6.45, 7) is 4.93. The van der Waals surface area contributed by atoms with Crippen molar-refractivity contribution in [1.29, 1.82) is 0 Å². The van der Waals surface area contributed by atoms with Crippen LogP contribution in [0.5, 0.6) is 0 Å². The maximum atomic E-state index is 13.2. The van der Waals surface area contributed by atoms with Crippen molar-refractivity contribution in [3.8, 4) is 0 Å². The van der Waals surface area contributed by atoms with Crippen molar-refractivity contribution in [3.05, 3.63) is 47.9 Å². The number of hydrogen-bond acceptors (Lipinski definition) is 3. The Morgan fingerprint density at radius 1 is 1.21 bits per heavy atom. The summed E-state index contributed by atoms with van der Waals surface area (Å²) in [6, 6.07) is 8.49. The summed E-state index contributed by atoms with van der Waals surface area (Å²) < 4.78 is 13.2. The van der Waals surface area contributed by atoms with Crippen LogP contribution in [0.2, 0.25) is 0 Å². The van der Waals surface area contributed by atoms with Crippen LogP contribution in [0.15, 0.2) is 36.5 Å². The molecule has 2 aromatic rings. The largest absolute Gasteiger partial charge is 0.370 e. The van der Waals surface area contributed by atoms with Crippen molar-refractivity contribution >= 4 is 17.2 Å². The van der Waals surface area contributed by atoms with Crippen molar-refractivity contribution in [3.63, 3.8) is 0 Å². The Kier molecular flexibility index (Phi) is 4.34. The minimum absolute atomic E-state index is 0.244. The summed E-state index contributed by atoms with van der Waals surface area (Å²) in [7, 11) is 0. The lowest BCUT2D eigenvalue weighted by atomic mass is 10.2. The van der Waals surface area contributed by atoms with Gasteiger partial charge in [0.05, 0.1) is 0 Å². The quantitative estimate of drug-likeness (QED) is 0.849. The van der Waals surface area contributed by atoms with Gasteiger partial charge in [-0.05, 0) is 37.1 Å². The fourth-order valence-electron chi connectivity index (χ4n) is 1.74. The van der Waals surface area contributed by atoms with Crippen molar-refractivity contribution < 1.29 is 4.39 Å². The molecule has 0 unspecified atom stereocenters. The van der Waals surface area contributed by atoms with Crippen LogP contribution >= 0.6 is 0 Å². The highest BCUT2D eigenvalue weighted by Crippen LogP contribution is 2.22. The molecule has 100 valence electrons. The highest BCUT2D eigenvalue weighted by molar-refractivity contribution is 5.65. The Hall–Kier alpha value is -2.10. The molecule has 0 radical (unpaired) electrons. The van der Waals surface area contributed by atoms with Crippen molar-refractivity contribution in [2.45, 2.75) is 20.3 Å². The Morgan fingerprint density at radius 2 is 2.05 bits per heavy atom. The molecule has 0 amide bonds. The molecular formula is C15H18FN3. The molecule has 0 spiro atoms. The normalized spacial score (nSPS) is 10.3. The topological polar surface area (TPSA) is 37.0 Å². The second-order valence-corrected chi connectivity index (χ2v) is 4.44. The van der Waals surface area contributed by atoms with Crippen LogP contribution < -0.4 is 10.6 Å². The lowest BCUT2D eigenvalue weighted by Gasteiger charge is -2.11. The van der Waals surface area contributed by atoms with E-state index in [1.807, 2.05) is 19.1 Å². The predicted octanol–water partition coefficient (Wildman–Crippen LogP) is 4.09. The zero-order valence-electron chi connectivity index (χ0n) is 11.2. The van der Waals surface area contributed by atoms with Gasteiger partial charge in [-0.1, -0.05) is 13.0 Å². The third-order valence-electron chi connectivity index (χ3n) is 2.79. The smallest absolute Gasteiger partial charge is 0.127 e. The van der Waals surface area contributed by atoms with E-state index in [1.54, 1.807) is 12.3 Å². The van der Waals surface area contributed by atoms with Crippen molar-refractivity contribution in [2.24, 2.45) is 0 Å². The van der Waals surface area contributed by atoms with Gasteiger partial charge in [0.1, 0.15) is 11.6 Å². The molecule has 0 fully saturated rings. The minimum atomic E-state index is -0.244. The van der Waals surface area contributed by atoms with Gasteiger partial charge in [-0.2, -0.15) is 0 Å². The molecule has 2 rings (SSSR count). The fraction of sp³-hybridized carbons (Fsp3) is 0.267. The summed E-state index contributed by atoms with van der Waals surface area (Å²) in [5, 5.41) is 6.43. The molecule has 0 bridgehead atoms. The maximum Gasteiger partial charge on any atom is 0.127 e. The fourth-order valence-corrected chi connectivity index (χ4v) is 1.74. The second-order valence-electron chi connectivity index (χ2n) is 4.44. The van der Waals surface area contributed by atoms with E-state index < -0.39 is 0 Å². The van der Waals surface area contributed by atoms with Gasteiger partial charge in [0, 0.05) is 30.2 Å². The number of nitrogens with zero attached hydrogens (tertiary/aromatic N) is 1. The number of rotatable bonds is 5. The zero-order valence-corrected chi connectivity index (χ0v) is 11.2. The molecular weight excluding hydrogens is 241 g/mol. The summed E-state index contributed by atoms with van der Waals surface area (Å²) in [5.74, 6) is 0.576. The lowest BCUT2D eigenvalue weighted by molar-refractivity contribution is 0.628. The molecule has 1 heterocycles. The molecule has 0 atom stereocenters. The monoisotopic (exact) mass is 259 g/mol. The minimum Gasteiger partial charge on any atom is -0.370 e. The Bertz CT molecular complexity index is 555. The third-order valence-corrected chi connectivity index (χ3v) is 2.79. The number of aryl methyl sites for hydroxylation is 1. The first-order valence-electron chi connectivity index (χ1n) is 6.42. The molecule has 19 heavy (non-hydrogen) atoms. The van der Waals surface area contributed by atoms with Gasteiger partial charge in [0.15, 0.2) is 0 Å². The molecule has 0 aliphatic rings. The Morgan fingerprint density at radius 3 is 2.84 bits per heavy atom. The lowest BCUT2D eigenvalue weighted by Crippen LogP contribution is -2.02. The summed E-state index contributed by atoms with van der Waals surface area (Å²) in [5.41, 5.74) is 2.66. The van der Waals surface area contributed by atoms with Gasteiger partial charge in [-0.3, -0.25) is 0 Å². The van der Waals surface area contributed by atoms with Crippen LogP contribution in [-0.4, -0.2) is 11.5 Å². The molecule has 1 aromatic carbocycles. The van der Waals surface area contributed by atoms with Gasteiger partial charge in [-0.15, -0.1) is 0 Å². The van der Waals surface area contributed by atoms with Gasteiger partial charge in [0.2, 0.25) is 0 Å². The first kappa shape index (κ1) is 13.3. The van der Waals surface area contributed by atoms with Crippen molar-refractivity contribution in [2.75, 3.05) is 17.2 Å². The van der Waals surface area contributed by atoms with E-state index in [-0.39, 0.29) is 5.82 Å². The van der Waals surface area contributed by atoms with Gasteiger partial charge in [0.25, 0.3) is 0 Å². The van der Waals surface area contributed by atoms with Gasteiger partial charge < -0.3 is 10.6 Å². The Balaban J connectivity index is 2.16. The molecule has 3 nitrogen and oxygen atoms in total. The van der Waals surface area contributed by atoms with Crippen molar-refractivity contribution in [1.82, 2.24) is 4.98 Å². The van der Waals surface area contributed by atoms with E-state index in [4.69, 9.17) is 0 Å². The number of benzene rings is 1. The van der Waals surface area contributed by atoms with Crippen LogP contribution in [0.25, 0.3) is 0 Å². The molecule has 4 heteroatoms. The highest BCUT2D eigenvalue weighted by atomic mass is 19.1. The molecule has 2 N–H and O–H groups in total. The van der Waals surface area contributed by atoms with E-state index in [0.717, 1.165) is 35.7 Å². The molecule has 0 aliphatic carbocycles. The molecule has 0 aliphatic heterocycles. The van der Waals surface area contributed by atoms with E-state index in [9.17, 15) is 4.39 Å². The van der Waals surface area contributed by atoms with Crippen LogP contribution in [0, 0.1) is 12.7 Å². The van der Waals surface area contributed by atoms with Crippen LogP contribution in [0.4, 0.5) is 21.6 Å². The number of aromatic nitrogens is 1. The molecule has 0 saturated heterocycles. The van der Waals surface area contributed by atoms with Gasteiger partial charge >= 0.3 is 0 Å². The highest BCUT2D eigenvalue weighted by Gasteiger charge is 2.02. The number of anilines is 3. The summed E-state index contributed by atoms with van der Waals surface area (Å²) in [4.78, 5) is 4.23. The van der Waals surface area contributed by atoms with Crippen LogP contribution in [-0.2, 0) is 0 Å². The van der Waals surface area contributed by atoms with Gasteiger partial charge in [-0.25, -0.2) is 9.37 Å². The van der Waals surface area contributed by atoms with E-state index in [2.05, 4.69) is 22.5 Å². The van der Waals surface area contributed by atoms with E-state index in [1.165, 1.54) is 12.1 Å². The van der Waals surface area contributed by atoms with Crippen LogP contribution in [0.3, 0.4) is 0 Å². The Labute approximate surface area is 112 Å².